The van der Waals surface area contributed by atoms with E-state index < -0.39 is 29.4 Å². The van der Waals surface area contributed by atoms with E-state index in [2.05, 4.69) is 5.32 Å². The number of hydrogen-bond acceptors (Lipinski definition) is 3. The highest BCUT2D eigenvalue weighted by Gasteiger charge is 2.31. The second-order valence-corrected chi connectivity index (χ2v) is 4.63. The number of aromatic hydroxyl groups is 1. The van der Waals surface area contributed by atoms with E-state index in [4.69, 9.17) is 5.73 Å². The van der Waals surface area contributed by atoms with E-state index >= 15 is 0 Å². The second-order valence-electron chi connectivity index (χ2n) is 4.63. The van der Waals surface area contributed by atoms with Gasteiger partial charge < -0.3 is 16.2 Å². The molecule has 4 nitrogen and oxygen atoms in total. The van der Waals surface area contributed by atoms with Crippen LogP contribution in [0.15, 0.2) is 18.2 Å². The predicted molar refractivity (Wildman–Crippen MR) is 69.2 cm³/mol. The highest BCUT2D eigenvalue weighted by atomic mass is 19.4. The van der Waals surface area contributed by atoms with Gasteiger partial charge in [0.2, 0.25) is 5.91 Å². The van der Waals surface area contributed by atoms with Crippen molar-refractivity contribution >= 4 is 11.6 Å². The molecule has 0 fully saturated rings. The van der Waals surface area contributed by atoms with E-state index in [0.29, 0.717) is 12.5 Å². The molecule has 0 bridgehead atoms. The van der Waals surface area contributed by atoms with Gasteiger partial charge in [-0.2, -0.15) is 13.2 Å². The summed E-state index contributed by atoms with van der Waals surface area (Å²) in [6.07, 6.45) is -3.89. The van der Waals surface area contributed by atoms with E-state index in [1.165, 1.54) is 0 Å². The van der Waals surface area contributed by atoms with Crippen molar-refractivity contribution in [1.82, 2.24) is 0 Å². The number of phenolic OH excluding ortho intramolecular Hbond substituents is 1. The first-order chi connectivity index (χ1) is 9.16. The number of carbonyl (C=O) groups is 1. The normalized spacial score (nSPS) is 14.7. The van der Waals surface area contributed by atoms with E-state index in [0.717, 1.165) is 12.1 Å². The zero-order valence-corrected chi connectivity index (χ0v) is 11.2. The van der Waals surface area contributed by atoms with E-state index in [-0.39, 0.29) is 11.6 Å². The van der Waals surface area contributed by atoms with Crippen molar-refractivity contribution in [3.05, 3.63) is 23.8 Å². The number of halogens is 3. The van der Waals surface area contributed by atoms with Crippen LogP contribution in [0.25, 0.3) is 0 Å². The summed E-state index contributed by atoms with van der Waals surface area (Å²) in [5.41, 5.74) is 4.42. The van der Waals surface area contributed by atoms with Gasteiger partial charge in [0.25, 0.3) is 0 Å². The summed E-state index contributed by atoms with van der Waals surface area (Å²) < 4.78 is 37.7. The molecule has 1 unspecified atom stereocenters. The van der Waals surface area contributed by atoms with Crippen LogP contribution in [0.5, 0.6) is 5.75 Å². The molecule has 1 aromatic carbocycles. The van der Waals surface area contributed by atoms with Crippen LogP contribution in [0.4, 0.5) is 18.9 Å². The molecule has 4 N–H and O–H groups in total. The van der Waals surface area contributed by atoms with Gasteiger partial charge in [-0.15, -0.1) is 0 Å². The molecule has 0 heterocycles. The van der Waals surface area contributed by atoms with Gasteiger partial charge in [-0.1, -0.05) is 20.3 Å². The molecule has 20 heavy (non-hydrogen) atoms. The molecule has 0 saturated heterocycles. The number of benzene rings is 1. The number of nitrogens with one attached hydrogen (secondary N) is 1. The molecule has 112 valence electrons. The number of nitrogens with two attached hydrogens (primary N) is 1. The van der Waals surface area contributed by atoms with Gasteiger partial charge in [-0.3, -0.25) is 4.79 Å². The molecule has 1 aromatic rings. The fourth-order valence-electron chi connectivity index (χ4n) is 1.54. The number of phenols is 1. The first-order valence-corrected chi connectivity index (χ1v) is 6.13. The summed E-state index contributed by atoms with van der Waals surface area (Å²) in [6.45, 7) is 3.61. The minimum atomic E-state index is -4.55. The summed E-state index contributed by atoms with van der Waals surface area (Å²) in [7, 11) is 0. The van der Waals surface area contributed by atoms with Crippen LogP contribution in [0.2, 0.25) is 0 Å². The Morgan fingerprint density at radius 2 is 2.05 bits per heavy atom. The van der Waals surface area contributed by atoms with Crippen LogP contribution in [0.1, 0.15) is 25.8 Å². The quantitative estimate of drug-likeness (QED) is 0.746. The third-order valence-corrected chi connectivity index (χ3v) is 3.14. The summed E-state index contributed by atoms with van der Waals surface area (Å²) in [6, 6.07) is 1.44. The SMILES string of the molecule is CCC(C)[C@H](N)C(=O)Nc1cc(C(F)(F)F)ccc1O. The molecule has 0 saturated carbocycles. The Bertz CT molecular complexity index is 489. The number of anilines is 1. The van der Waals surface area contributed by atoms with Crippen molar-refractivity contribution in [2.45, 2.75) is 32.5 Å². The maximum atomic E-state index is 12.6. The first-order valence-electron chi connectivity index (χ1n) is 6.13. The summed E-state index contributed by atoms with van der Waals surface area (Å²) in [4.78, 5) is 11.8. The zero-order chi connectivity index (χ0) is 15.5. The maximum absolute atomic E-state index is 12.6. The minimum Gasteiger partial charge on any atom is -0.506 e. The Morgan fingerprint density at radius 1 is 1.45 bits per heavy atom. The van der Waals surface area contributed by atoms with Crippen molar-refractivity contribution in [2.24, 2.45) is 11.7 Å². The number of rotatable bonds is 4. The standard InChI is InChI=1S/C13H17F3N2O2/c1-3-7(2)11(17)12(20)18-9-6-8(13(14,15)16)4-5-10(9)19/h4-7,11,19H,3,17H2,1-2H3,(H,18,20)/t7?,11-/m0/s1. The lowest BCUT2D eigenvalue weighted by Gasteiger charge is -2.18. The van der Waals surface area contributed by atoms with Gasteiger partial charge in [0.15, 0.2) is 0 Å². The molecule has 1 amide bonds. The van der Waals surface area contributed by atoms with Gasteiger partial charge in [0.1, 0.15) is 5.75 Å². The van der Waals surface area contributed by atoms with Crippen LogP contribution in [-0.2, 0) is 11.0 Å². The maximum Gasteiger partial charge on any atom is 0.416 e. The molecule has 0 aliphatic heterocycles. The molecule has 0 aliphatic rings. The highest BCUT2D eigenvalue weighted by Crippen LogP contribution is 2.34. The third kappa shape index (κ3) is 3.86. The highest BCUT2D eigenvalue weighted by molar-refractivity contribution is 5.96. The molecule has 0 radical (unpaired) electrons. The fourth-order valence-corrected chi connectivity index (χ4v) is 1.54. The molecule has 0 spiro atoms. The lowest BCUT2D eigenvalue weighted by molar-refractivity contribution is -0.137. The van der Waals surface area contributed by atoms with Crippen LogP contribution in [0.3, 0.4) is 0 Å². The minimum absolute atomic E-state index is 0.122. The lowest BCUT2D eigenvalue weighted by Crippen LogP contribution is -2.40. The summed E-state index contributed by atoms with van der Waals surface area (Å²) >= 11 is 0. The number of amides is 1. The zero-order valence-electron chi connectivity index (χ0n) is 11.2. The summed E-state index contributed by atoms with van der Waals surface area (Å²) in [5.74, 6) is -1.19. The van der Waals surface area contributed by atoms with Crippen LogP contribution < -0.4 is 11.1 Å². The van der Waals surface area contributed by atoms with Gasteiger partial charge in [-0.25, -0.2) is 0 Å². The van der Waals surface area contributed by atoms with Crippen molar-refractivity contribution in [2.75, 3.05) is 5.32 Å². The smallest absolute Gasteiger partial charge is 0.416 e. The van der Waals surface area contributed by atoms with Crippen LogP contribution >= 0.6 is 0 Å². The average molecular weight is 290 g/mol. The largest absolute Gasteiger partial charge is 0.506 e. The Hall–Kier alpha value is -1.76. The molecule has 2 atom stereocenters. The fraction of sp³-hybridized carbons (Fsp3) is 0.462. The Balaban J connectivity index is 2.95. The van der Waals surface area contributed by atoms with E-state index in [1.54, 1.807) is 6.92 Å². The second kappa shape index (κ2) is 6.13. The average Bonchev–Trinajstić information content (AvgIpc) is 2.38. The number of carbonyl (C=O) groups excluding carboxylic acids is 1. The van der Waals surface area contributed by atoms with E-state index in [1.807, 2.05) is 6.92 Å². The van der Waals surface area contributed by atoms with Gasteiger partial charge in [0, 0.05) is 0 Å². The molecule has 1 rings (SSSR count). The Labute approximate surface area is 114 Å². The van der Waals surface area contributed by atoms with Crippen LogP contribution in [0, 0.1) is 5.92 Å². The Kier molecular flexibility index (Phi) is 4.99. The van der Waals surface area contributed by atoms with E-state index in [9.17, 15) is 23.1 Å². The van der Waals surface area contributed by atoms with Crippen molar-refractivity contribution in [3.63, 3.8) is 0 Å². The molecule has 0 aliphatic carbocycles. The molecular formula is C13H17F3N2O2. The number of hydrogen-bond donors (Lipinski definition) is 3. The third-order valence-electron chi connectivity index (χ3n) is 3.14. The molecular weight excluding hydrogens is 273 g/mol. The van der Waals surface area contributed by atoms with Gasteiger partial charge in [-0.05, 0) is 24.1 Å². The van der Waals surface area contributed by atoms with Gasteiger partial charge >= 0.3 is 6.18 Å². The predicted octanol–water partition coefficient (Wildman–Crippen LogP) is 2.72. The lowest BCUT2D eigenvalue weighted by atomic mass is 9.99. The topological polar surface area (TPSA) is 75.4 Å². The molecule has 7 heteroatoms. The summed E-state index contributed by atoms with van der Waals surface area (Å²) in [5, 5.41) is 11.7. The number of alkyl halides is 3. The Morgan fingerprint density at radius 3 is 2.55 bits per heavy atom. The van der Waals surface area contributed by atoms with Crippen molar-refractivity contribution in [3.8, 4) is 5.75 Å². The molecule has 0 aromatic heterocycles. The van der Waals surface area contributed by atoms with Crippen molar-refractivity contribution < 1.29 is 23.1 Å². The monoisotopic (exact) mass is 290 g/mol. The van der Waals surface area contributed by atoms with Gasteiger partial charge in [0.05, 0.1) is 17.3 Å². The van der Waals surface area contributed by atoms with Crippen molar-refractivity contribution in [1.29, 1.82) is 0 Å². The first kappa shape index (κ1) is 16.3. The van der Waals surface area contributed by atoms with Crippen LogP contribution in [-0.4, -0.2) is 17.1 Å².